The average Bonchev–Trinajstić information content (AvgIpc) is 3.31. The first-order chi connectivity index (χ1) is 12.1. The van der Waals surface area contributed by atoms with E-state index < -0.39 is 0 Å². The third-order valence-corrected chi connectivity index (χ3v) is 6.47. The summed E-state index contributed by atoms with van der Waals surface area (Å²) < 4.78 is 3.55. The van der Waals surface area contributed by atoms with Crippen molar-refractivity contribution in [3.63, 3.8) is 0 Å². The zero-order valence-electron chi connectivity index (χ0n) is 13.3. The molecule has 8 heteroatoms. The molecular formula is C17H14ClN3O2S2. The van der Waals surface area contributed by atoms with Gasteiger partial charge in [0.2, 0.25) is 11.5 Å². The molecule has 0 saturated heterocycles. The fourth-order valence-electron chi connectivity index (χ4n) is 3.05. The van der Waals surface area contributed by atoms with Gasteiger partial charge in [-0.2, -0.15) is 0 Å². The maximum atomic E-state index is 13.0. The molecular weight excluding hydrogens is 378 g/mol. The zero-order valence-corrected chi connectivity index (χ0v) is 15.7. The van der Waals surface area contributed by atoms with Crippen molar-refractivity contribution < 1.29 is 14.5 Å². The third kappa shape index (κ3) is 2.67. The molecule has 1 aliphatic rings. The summed E-state index contributed by atoms with van der Waals surface area (Å²) in [5, 5.41) is 16.0. The van der Waals surface area contributed by atoms with E-state index in [4.69, 9.17) is 11.6 Å². The van der Waals surface area contributed by atoms with Crippen LogP contribution in [0.25, 0.3) is 0 Å². The lowest BCUT2D eigenvalue weighted by Crippen LogP contribution is -2.36. The first-order valence-electron chi connectivity index (χ1n) is 7.79. The van der Waals surface area contributed by atoms with Crippen molar-refractivity contribution >= 4 is 40.5 Å². The van der Waals surface area contributed by atoms with Gasteiger partial charge in [-0.15, -0.1) is 11.3 Å². The summed E-state index contributed by atoms with van der Waals surface area (Å²) in [6, 6.07) is 7.10. The second kappa shape index (κ2) is 6.48. The molecule has 0 N–H and O–H groups in total. The molecule has 0 saturated carbocycles. The maximum Gasteiger partial charge on any atom is 0.318 e. The van der Waals surface area contributed by atoms with E-state index in [0.717, 1.165) is 16.5 Å². The van der Waals surface area contributed by atoms with Gasteiger partial charge in [-0.05, 0) is 36.2 Å². The minimum atomic E-state index is -0.227. The van der Waals surface area contributed by atoms with Crippen LogP contribution in [0, 0.1) is 0 Å². The minimum Gasteiger partial charge on any atom is -0.839 e. The lowest BCUT2D eigenvalue weighted by molar-refractivity contribution is -0.763. The molecule has 3 aromatic rings. The number of hydrogen-bond donors (Lipinski definition) is 0. The quantitative estimate of drug-likeness (QED) is 0.390. The van der Waals surface area contributed by atoms with Crippen LogP contribution < -0.4 is 9.67 Å². The molecule has 0 bridgehead atoms. The molecule has 1 atom stereocenters. The van der Waals surface area contributed by atoms with Crippen LogP contribution in [0.4, 0.5) is 0 Å². The van der Waals surface area contributed by atoms with Crippen molar-refractivity contribution in [1.82, 2.24) is 9.55 Å². The van der Waals surface area contributed by atoms with Crippen molar-refractivity contribution in [2.45, 2.75) is 24.7 Å². The number of aromatic nitrogens is 3. The third-order valence-electron chi connectivity index (χ3n) is 4.22. The van der Waals surface area contributed by atoms with Gasteiger partial charge in [0.15, 0.2) is 0 Å². The summed E-state index contributed by atoms with van der Waals surface area (Å²) in [6.45, 7) is 2.45. The standard InChI is InChI=1S/C17H14ClN3O2S2/c1-2-20-16(23)14(15(22)12-4-3-7-24-12)21-11(9-25-17(20)21)10-5-6-13(18)19-8-10/h3-8,11H,2,9H2,1H3. The molecule has 0 spiro atoms. The first-order valence-corrected chi connectivity index (χ1v) is 10.0. The largest absolute Gasteiger partial charge is 0.839 e. The topological polar surface area (TPSA) is 61.8 Å². The van der Waals surface area contributed by atoms with Gasteiger partial charge in [-0.3, -0.25) is 4.79 Å². The van der Waals surface area contributed by atoms with Gasteiger partial charge >= 0.3 is 5.16 Å². The lowest BCUT2D eigenvalue weighted by atomic mass is 10.1. The van der Waals surface area contributed by atoms with Gasteiger partial charge < -0.3 is 5.11 Å². The van der Waals surface area contributed by atoms with E-state index in [1.807, 2.05) is 29.0 Å². The highest BCUT2D eigenvalue weighted by atomic mass is 35.5. The number of rotatable bonds is 4. The Balaban J connectivity index is 1.88. The molecule has 1 unspecified atom stereocenters. The van der Waals surface area contributed by atoms with E-state index in [1.54, 1.807) is 34.7 Å². The Morgan fingerprint density at radius 2 is 2.32 bits per heavy atom. The number of thiophene rings is 1. The number of thioether (sulfide) groups is 1. The fraction of sp³-hybridized carbons (Fsp3) is 0.235. The molecule has 1 aliphatic heterocycles. The number of ketones is 1. The van der Waals surface area contributed by atoms with Crippen molar-refractivity contribution in [2.75, 3.05) is 5.75 Å². The van der Waals surface area contributed by atoms with E-state index in [2.05, 4.69) is 4.98 Å². The van der Waals surface area contributed by atoms with Crippen LogP contribution in [0.15, 0.2) is 41.0 Å². The number of carbonyl (C=O) groups is 1. The van der Waals surface area contributed by atoms with Gasteiger partial charge in [0.25, 0.3) is 0 Å². The van der Waals surface area contributed by atoms with Crippen molar-refractivity contribution in [2.24, 2.45) is 0 Å². The molecule has 128 valence electrons. The Morgan fingerprint density at radius 1 is 1.48 bits per heavy atom. The van der Waals surface area contributed by atoms with Crippen LogP contribution >= 0.6 is 34.7 Å². The summed E-state index contributed by atoms with van der Waals surface area (Å²) in [6.07, 6.45) is 1.71. The molecule has 25 heavy (non-hydrogen) atoms. The summed E-state index contributed by atoms with van der Waals surface area (Å²) in [4.78, 5) is 17.7. The molecule has 3 aromatic heterocycles. The Hall–Kier alpha value is -1.83. The van der Waals surface area contributed by atoms with Gasteiger partial charge in [0, 0.05) is 11.8 Å². The highest BCUT2D eigenvalue weighted by Gasteiger charge is 2.41. The lowest BCUT2D eigenvalue weighted by Gasteiger charge is -2.11. The van der Waals surface area contributed by atoms with Crippen LogP contribution in [0.5, 0.6) is 5.88 Å². The second-order valence-corrected chi connectivity index (χ2v) is 7.92. The van der Waals surface area contributed by atoms with E-state index in [0.29, 0.717) is 16.6 Å². The van der Waals surface area contributed by atoms with Gasteiger partial charge in [-0.25, -0.2) is 14.1 Å². The average molecular weight is 392 g/mol. The highest BCUT2D eigenvalue weighted by molar-refractivity contribution is 7.99. The van der Waals surface area contributed by atoms with Gasteiger partial charge in [0.1, 0.15) is 17.1 Å². The molecule has 0 radical (unpaired) electrons. The summed E-state index contributed by atoms with van der Waals surface area (Å²) in [7, 11) is 0. The van der Waals surface area contributed by atoms with Crippen LogP contribution in [-0.4, -0.2) is 21.1 Å². The van der Waals surface area contributed by atoms with Crippen molar-refractivity contribution in [3.8, 4) is 5.88 Å². The van der Waals surface area contributed by atoms with Gasteiger partial charge in [-0.1, -0.05) is 23.7 Å². The van der Waals surface area contributed by atoms with E-state index in [1.165, 1.54) is 11.3 Å². The highest BCUT2D eigenvalue weighted by Crippen LogP contribution is 2.40. The second-order valence-electron chi connectivity index (χ2n) is 5.60. The SMILES string of the molecule is CC[n+]1c([O-])c(C(=O)c2cccs2)n2c1SCC2c1ccc(Cl)nc1. The smallest absolute Gasteiger partial charge is 0.318 e. The monoisotopic (exact) mass is 391 g/mol. The number of halogens is 1. The van der Waals surface area contributed by atoms with Gasteiger partial charge in [0.05, 0.1) is 17.2 Å². The number of nitrogens with zero attached hydrogens (tertiary/aromatic N) is 3. The number of carbonyl (C=O) groups excluding carboxylic acids is 1. The van der Waals surface area contributed by atoms with Crippen LogP contribution in [0.3, 0.4) is 0 Å². The minimum absolute atomic E-state index is 0.107. The Morgan fingerprint density at radius 3 is 2.96 bits per heavy atom. The molecule has 4 heterocycles. The first kappa shape index (κ1) is 16.6. The predicted molar refractivity (Wildman–Crippen MR) is 95.6 cm³/mol. The summed E-state index contributed by atoms with van der Waals surface area (Å²) in [5.41, 5.74) is 1.17. The Labute approximate surface area is 157 Å². The zero-order chi connectivity index (χ0) is 17.6. The molecule has 4 rings (SSSR count). The molecule has 0 aromatic carbocycles. The molecule has 0 aliphatic carbocycles. The molecule has 0 amide bonds. The maximum absolute atomic E-state index is 13.0. The van der Waals surface area contributed by atoms with Crippen LogP contribution in [-0.2, 0) is 6.54 Å². The fourth-order valence-corrected chi connectivity index (χ4v) is 5.20. The summed E-state index contributed by atoms with van der Waals surface area (Å²) >= 11 is 8.83. The number of imidazole rings is 1. The summed E-state index contributed by atoms with van der Waals surface area (Å²) in [5.74, 6) is 0.307. The van der Waals surface area contributed by atoms with E-state index >= 15 is 0 Å². The van der Waals surface area contributed by atoms with Crippen molar-refractivity contribution in [3.05, 3.63) is 57.1 Å². The normalized spacial score (nSPS) is 16.2. The van der Waals surface area contributed by atoms with E-state index in [-0.39, 0.29) is 23.4 Å². The van der Waals surface area contributed by atoms with E-state index in [9.17, 15) is 9.90 Å². The van der Waals surface area contributed by atoms with Crippen molar-refractivity contribution in [1.29, 1.82) is 0 Å². The number of hydrogen-bond acceptors (Lipinski definition) is 5. The molecule has 0 fully saturated rings. The van der Waals surface area contributed by atoms with Crippen LogP contribution in [0.1, 0.15) is 33.9 Å². The Kier molecular flexibility index (Phi) is 4.31. The Bertz CT molecular complexity index is 936. The number of pyridine rings is 1. The number of fused-ring (bicyclic) bond motifs is 1. The predicted octanol–water partition coefficient (Wildman–Crippen LogP) is 2.91. The van der Waals surface area contributed by atoms with Crippen LogP contribution in [0.2, 0.25) is 5.15 Å². The molecule has 5 nitrogen and oxygen atoms in total.